The van der Waals surface area contributed by atoms with E-state index in [1.165, 1.54) is 12.5 Å². The number of hydrogen-bond donors (Lipinski definition) is 1. The van der Waals surface area contributed by atoms with Crippen LogP contribution in [0, 0.1) is 6.92 Å². The maximum absolute atomic E-state index is 9.56. The molecule has 12 heavy (non-hydrogen) atoms. The van der Waals surface area contributed by atoms with Crippen LogP contribution in [0.3, 0.4) is 0 Å². The number of rotatable bonds is 1. The number of carbonyl (C=O) groups is 1. The molecule has 0 fully saturated rings. The Morgan fingerprint density at radius 2 is 1.75 bits per heavy atom. The van der Waals surface area contributed by atoms with Gasteiger partial charge < -0.3 is 5.11 Å². The van der Waals surface area contributed by atoms with Gasteiger partial charge in [0.15, 0.2) is 5.78 Å². The molecule has 0 radical (unpaired) electrons. The Morgan fingerprint density at radius 3 is 1.92 bits per heavy atom. The van der Waals surface area contributed by atoms with Gasteiger partial charge in [-0.2, -0.15) is 0 Å². The van der Waals surface area contributed by atoms with Crippen molar-refractivity contribution in [2.24, 2.45) is 0 Å². The first kappa shape index (κ1) is 10.8. The maximum atomic E-state index is 9.56. The molecule has 1 N–H and O–H groups in total. The average Bonchev–Trinajstić information content (AvgIpc) is 2.07. The van der Waals surface area contributed by atoms with Crippen LogP contribution < -0.4 is 0 Å². The van der Waals surface area contributed by atoms with Gasteiger partial charge in [-0.1, -0.05) is 35.9 Å². The standard InChI is InChI=1S/C7H8.C3H6O2/c1-7-5-3-2-4-6-7;1-3(5)2-4/h2-6H,1H3;4H,2H2,1H3. The minimum atomic E-state index is -0.333. The third kappa shape index (κ3) is 6.96. The third-order valence-electron chi connectivity index (χ3n) is 1.16. The second-order valence-corrected chi connectivity index (χ2v) is 2.51. The molecule has 0 unspecified atom stereocenters. The zero-order chi connectivity index (χ0) is 9.40. The van der Waals surface area contributed by atoms with Crippen molar-refractivity contribution in [2.75, 3.05) is 6.61 Å². The number of aryl methyl sites for hydroxylation is 1. The van der Waals surface area contributed by atoms with Crippen LogP contribution in [0.15, 0.2) is 30.3 Å². The summed E-state index contributed by atoms with van der Waals surface area (Å²) in [6, 6.07) is 10.3. The zero-order valence-electron chi connectivity index (χ0n) is 7.45. The summed E-state index contributed by atoms with van der Waals surface area (Å²) in [5.41, 5.74) is 1.32. The summed E-state index contributed by atoms with van der Waals surface area (Å²) in [6.45, 7) is 3.08. The molecule has 0 aliphatic rings. The second kappa shape index (κ2) is 6.55. The smallest absolute Gasteiger partial charge is 0.155 e. The summed E-state index contributed by atoms with van der Waals surface area (Å²) < 4.78 is 0. The van der Waals surface area contributed by atoms with Crippen LogP contribution in [-0.2, 0) is 4.79 Å². The Balaban J connectivity index is 0.000000217. The number of ketones is 1. The number of aliphatic hydroxyl groups excluding tert-OH is 1. The lowest BCUT2D eigenvalue weighted by molar-refractivity contribution is -0.119. The molecule has 0 spiro atoms. The Bertz CT molecular complexity index is 217. The number of carbonyl (C=O) groups excluding carboxylic acids is 1. The number of hydrogen-bond acceptors (Lipinski definition) is 2. The molecule has 0 heterocycles. The highest BCUT2D eigenvalue weighted by molar-refractivity contribution is 5.76. The molecule has 0 saturated carbocycles. The molecule has 2 heteroatoms. The maximum Gasteiger partial charge on any atom is 0.155 e. The van der Waals surface area contributed by atoms with Crippen LogP contribution in [0.4, 0.5) is 0 Å². The Hall–Kier alpha value is -1.15. The van der Waals surface area contributed by atoms with Crippen molar-refractivity contribution < 1.29 is 9.90 Å². The molecule has 0 aromatic heterocycles. The Kier molecular flexibility index (Phi) is 5.93. The molecule has 0 atom stereocenters. The molecular formula is C10H14O2. The molecule has 0 aliphatic heterocycles. The van der Waals surface area contributed by atoms with E-state index >= 15 is 0 Å². The predicted molar refractivity (Wildman–Crippen MR) is 48.9 cm³/mol. The summed E-state index contributed by atoms with van der Waals surface area (Å²) in [6.07, 6.45) is 0. The fourth-order valence-corrected chi connectivity index (χ4v) is 0.534. The van der Waals surface area contributed by atoms with Crippen molar-refractivity contribution in [1.29, 1.82) is 0 Å². The highest BCUT2D eigenvalue weighted by Gasteiger charge is 1.78. The zero-order valence-corrected chi connectivity index (χ0v) is 7.45. The number of aliphatic hydroxyl groups is 1. The fourth-order valence-electron chi connectivity index (χ4n) is 0.534. The SMILES string of the molecule is CC(=O)CO.Cc1ccccc1. The minimum absolute atomic E-state index is 0.190. The summed E-state index contributed by atoms with van der Waals surface area (Å²) >= 11 is 0. The topological polar surface area (TPSA) is 37.3 Å². The first-order valence-corrected chi connectivity index (χ1v) is 3.78. The first-order chi connectivity index (χ1) is 5.66. The molecule has 2 nitrogen and oxygen atoms in total. The van der Waals surface area contributed by atoms with Gasteiger partial charge >= 0.3 is 0 Å². The van der Waals surface area contributed by atoms with E-state index in [9.17, 15) is 4.79 Å². The largest absolute Gasteiger partial charge is 0.389 e. The molecule has 1 rings (SSSR count). The predicted octanol–water partition coefficient (Wildman–Crippen LogP) is 1.56. The molecule has 0 aliphatic carbocycles. The summed E-state index contributed by atoms with van der Waals surface area (Å²) in [5.74, 6) is -0.190. The van der Waals surface area contributed by atoms with Crippen LogP contribution in [0.2, 0.25) is 0 Å². The van der Waals surface area contributed by atoms with Gasteiger partial charge in [-0.05, 0) is 13.8 Å². The van der Waals surface area contributed by atoms with E-state index in [0.29, 0.717) is 0 Å². The minimum Gasteiger partial charge on any atom is -0.389 e. The Morgan fingerprint density at radius 1 is 1.33 bits per heavy atom. The van der Waals surface area contributed by atoms with E-state index in [1.54, 1.807) is 0 Å². The van der Waals surface area contributed by atoms with Crippen LogP contribution in [0.1, 0.15) is 12.5 Å². The van der Waals surface area contributed by atoms with Gasteiger partial charge in [0.05, 0.1) is 0 Å². The Labute approximate surface area is 72.9 Å². The molecule has 1 aromatic carbocycles. The van der Waals surface area contributed by atoms with E-state index in [0.717, 1.165) is 0 Å². The van der Waals surface area contributed by atoms with Crippen LogP contribution in [0.5, 0.6) is 0 Å². The van der Waals surface area contributed by atoms with E-state index in [-0.39, 0.29) is 12.4 Å². The fraction of sp³-hybridized carbons (Fsp3) is 0.300. The number of benzene rings is 1. The summed E-state index contributed by atoms with van der Waals surface area (Å²) in [7, 11) is 0. The number of Topliss-reactive ketones (excluding diaryl/α,β-unsaturated/α-hetero) is 1. The lowest BCUT2D eigenvalue weighted by atomic mass is 10.2. The van der Waals surface area contributed by atoms with Gasteiger partial charge in [-0.15, -0.1) is 0 Å². The highest BCUT2D eigenvalue weighted by Crippen LogP contribution is 1.92. The summed E-state index contributed by atoms with van der Waals surface area (Å²) in [5, 5.41) is 7.79. The summed E-state index contributed by atoms with van der Waals surface area (Å²) in [4.78, 5) is 9.56. The highest BCUT2D eigenvalue weighted by atomic mass is 16.3. The molecule has 1 aromatic rings. The van der Waals surface area contributed by atoms with E-state index in [1.807, 2.05) is 18.2 Å². The molecule has 0 saturated heterocycles. The van der Waals surface area contributed by atoms with Gasteiger partial charge in [-0.3, -0.25) is 4.79 Å². The van der Waals surface area contributed by atoms with Crippen molar-refractivity contribution in [3.05, 3.63) is 35.9 Å². The van der Waals surface area contributed by atoms with Crippen LogP contribution in [-0.4, -0.2) is 17.5 Å². The van der Waals surface area contributed by atoms with Gasteiger partial charge in [0.25, 0.3) is 0 Å². The van der Waals surface area contributed by atoms with Crippen molar-refractivity contribution >= 4 is 5.78 Å². The van der Waals surface area contributed by atoms with Crippen molar-refractivity contribution in [2.45, 2.75) is 13.8 Å². The second-order valence-electron chi connectivity index (χ2n) is 2.51. The lowest BCUT2D eigenvalue weighted by Crippen LogP contribution is -1.93. The van der Waals surface area contributed by atoms with E-state index in [2.05, 4.69) is 19.1 Å². The molecule has 0 amide bonds. The molecule has 0 bridgehead atoms. The monoisotopic (exact) mass is 166 g/mol. The van der Waals surface area contributed by atoms with Gasteiger partial charge in [0, 0.05) is 0 Å². The van der Waals surface area contributed by atoms with Crippen molar-refractivity contribution in [3.8, 4) is 0 Å². The first-order valence-electron chi connectivity index (χ1n) is 3.78. The van der Waals surface area contributed by atoms with E-state index < -0.39 is 0 Å². The van der Waals surface area contributed by atoms with Gasteiger partial charge in [-0.25, -0.2) is 0 Å². The van der Waals surface area contributed by atoms with Crippen LogP contribution in [0.25, 0.3) is 0 Å². The third-order valence-corrected chi connectivity index (χ3v) is 1.16. The van der Waals surface area contributed by atoms with Gasteiger partial charge in [0.1, 0.15) is 6.61 Å². The lowest BCUT2D eigenvalue weighted by Gasteiger charge is -1.82. The average molecular weight is 166 g/mol. The van der Waals surface area contributed by atoms with Crippen LogP contribution >= 0.6 is 0 Å². The van der Waals surface area contributed by atoms with Gasteiger partial charge in [0.2, 0.25) is 0 Å². The van der Waals surface area contributed by atoms with Crippen molar-refractivity contribution in [1.82, 2.24) is 0 Å². The normalized spacial score (nSPS) is 8.25. The molecular weight excluding hydrogens is 152 g/mol. The van der Waals surface area contributed by atoms with Crippen molar-refractivity contribution in [3.63, 3.8) is 0 Å². The molecule has 66 valence electrons. The quantitative estimate of drug-likeness (QED) is 0.687. The van der Waals surface area contributed by atoms with E-state index in [4.69, 9.17) is 5.11 Å².